The van der Waals surface area contributed by atoms with Crippen LogP contribution in [0.3, 0.4) is 0 Å². The minimum absolute atomic E-state index is 0.0952. The summed E-state index contributed by atoms with van der Waals surface area (Å²) >= 11 is 0. The van der Waals surface area contributed by atoms with E-state index >= 15 is 0 Å². The lowest BCUT2D eigenvalue weighted by molar-refractivity contribution is -0.119. The Morgan fingerprint density at radius 1 is 1.40 bits per heavy atom. The molecule has 1 aromatic rings. The highest BCUT2D eigenvalue weighted by Crippen LogP contribution is 2.20. The molecular formula is C15H20N2O3. The zero-order chi connectivity index (χ0) is 14.7. The zero-order valence-electron chi connectivity index (χ0n) is 11.8. The van der Waals surface area contributed by atoms with Crippen LogP contribution < -0.4 is 10.6 Å². The maximum atomic E-state index is 12.2. The van der Waals surface area contributed by atoms with Gasteiger partial charge in [0.2, 0.25) is 5.91 Å². The lowest BCUT2D eigenvalue weighted by atomic mass is 9.94. The van der Waals surface area contributed by atoms with Crippen LogP contribution in [0, 0.1) is 12.8 Å². The topological polar surface area (TPSA) is 78.4 Å². The van der Waals surface area contributed by atoms with E-state index in [1.807, 2.05) is 6.92 Å². The zero-order valence-corrected chi connectivity index (χ0v) is 11.8. The molecule has 3 N–H and O–H groups in total. The molecule has 1 aliphatic heterocycles. The van der Waals surface area contributed by atoms with Crippen molar-refractivity contribution in [2.24, 2.45) is 5.92 Å². The number of aryl methyl sites for hydroxylation is 1. The first kappa shape index (κ1) is 14.5. The molecule has 0 aromatic heterocycles. The third kappa shape index (κ3) is 3.36. The molecule has 1 saturated heterocycles. The standard InChI is InChI=1S/C15H20N2O3/c1-9-5-6-16-13(7-9)14(18)17-12-8-11(15(19)20)4-3-10(12)2/h3-4,8-9,13,16H,5-7H2,1-2H3,(H,17,18)(H,19,20). The number of aromatic carboxylic acids is 1. The predicted molar refractivity (Wildman–Crippen MR) is 77.0 cm³/mol. The monoisotopic (exact) mass is 276 g/mol. The lowest BCUT2D eigenvalue weighted by Crippen LogP contribution is -2.45. The molecule has 1 heterocycles. The third-order valence-electron chi connectivity index (χ3n) is 3.72. The molecule has 1 fully saturated rings. The molecule has 1 aliphatic rings. The molecule has 2 unspecified atom stereocenters. The van der Waals surface area contributed by atoms with Gasteiger partial charge in [-0.25, -0.2) is 4.79 Å². The van der Waals surface area contributed by atoms with Crippen molar-refractivity contribution in [3.8, 4) is 0 Å². The van der Waals surface area contributed by atoms with Crippen LogP contribution in [0.4, 0.5) is 5.69 Å². The number of anilines is 1. The smallest absolute Gasteiger partial charge is 0.335 e. The average Bonchev–Trinajstić information content (AvgIpc) is 2.41. The van der Waals surface area contributed by atoms with Crippen LogP contribution in [0.25, 0.3) is 0 Å². The van der Waals surface area contributed by atoms with E-state index in [1.165, 1.54) is 12.1 Å². The number of nitrogens with one attached hydrogen (secondary N) is 2. The first-order valence-corrected chi connectivity index (χ1v) is 6.85. The van der Waals surface area contributed by atoms with E-state index < -0.39 is 5.97 Å². The Kier molecular flexibility index (Phi) is 4.39. The van der Waals surface area contributed by atoms with E-state index in [1.54, 1.807) is 6.07 Å². The summed E-state index contributed by atoms with van der Waals surface area (Å²) in [6.07, 6.45) is 1.89. The normalized spacial score (nSPS) is 22.3. The summed E-state index contributed by atoms with van der Waals surface area (Å²) in [6.45, 7) is 4.82. The van der Waals surface area contributed by atoms with Crippen molar-refractivity contribution < 1.29 is 14.7 Å². The molecule has 5 heteroatoms. The second-order valence-electron chi connectivity index (χ2n) is 5.46. The fourth-order valence-corrected chi connectivity index (χ4v) is 2.42. The largest absolute Gasteiger partial charge is 0.478 e. The van der Waals surface area contributed by atoms with Gasteiger partial charge in [-0.3, -0.25) is 4.79 Å². The molecule has 0 aliphatic carbocycles. The van der Waals surface area contributed by atoms with E-state index in [9.17, 15) is 9.59 Å². The Morgan fingerprint density at radius 2 is 2.15 bits per heavy atom. The van der Waals surface area contributed by atoms with Gasteiger partial charge in [0, 0.05) is 5.69 Å². The van der Waals surface area contributed by atoms with Crippen molar-refractivity contribution in [1.29, 1.82) is 0 Å². The molecule has 20 heavy (non-hydrogen) atoms. The number of benzene rings is 1. The second-order valence-corrected chi connectivity index (χ2v) is 5.46. The minimum Gasteiger partial charge on any atom is -0.478 e. The molecule has 108 valence electrons. The van der Waals surface area contributed by atoms with Crippen molar-refractivity contribution in [2.45, 2.75) is 32.7 Å². The molecule has 0 radical (unpaired) electrons. The van der Waals surface area contributed by atoms with Gasteiger partial charge in [0.05, 0.1) is 11.6 Å². The number of rotatable bonds is 3. The molecule has 5 nitrogen and oxygen atoms in total. The number of hydrogen-bond acceptors (Lipinski definition) is 3. The van der Waals surface area contributed by atoms with Crippen molar-refractivity contribution >= 4 is 17.6 Å². The number of hydrogen-bond donors (Lipinski definition) is 3. The number of piperidine rings is 1. The summed E-state index contributed by atoms with van der Waals surface area (Å²) < 4.78 is 0. The van der Waals surface area contributed by atoms with Gasteiger partial charge in [0.25, 0.3) is 0 Å². The highest BCUT2D eigenvalue weighted by Gasteiger charge is 2.24. The number of carbonyl (C=O) groups excluding carboxylic acids is 1. The van der Waals surface area contributed by atoms with Crippen LogP contribution in [-0.2, 0) is 4.79 Å². The third-order valence-corrected chi connectivity index (χ3v) is 3.72. The van der Waals surface area contributed by atoms with Crippen molar-refractivity contribution in [2.75, 3.05) is 11.9 Å². The summed E-state index contributed by atoms with van der Waals surface area (Å²) in [4.78, 5) is 23.2. The van der Waals surface area contributed by atoms with E-state index in [4.69, 9.17) is 5.11 Å². The first-order chi connectivity index (χ1) is 9.47. The van der Waals surface area contributed by atoms with Gasteiger partial charge < -0.3 is 15.7 Å². The molecule has 1 aromatic carbocycles. The van der Waals surface area contributed by atoms with Gasteiger partial charge in [0.15, 0.2) is 0 Å². The van der Waals surface area contributed by atoms with E-state index in [2.05, 4.69) is 17.6 Å². The Hall–Kier alpha value is -1.88. The molecule has 2 atom stereocenters. The van der Waals surface area contributed by atoms with Gasteiger partial charge in [-0.15, -0.1) is 0 Å². The van der Waals surface area contributed by atoms with Crippen LogP contribution >= 0.6 is 0 Å². The quantitative estimate of drug-likeness (QED) is 0.789. The number of carboxylic acids is 1. The van der Waals surface area contributed by atoms with Crippen LogP contribution in [0.1, 0.15) is 35.7 Å². The summed E-state index contributed by atoms with van der Waals surface area (Å²) in [5, 5.41) is 15.0. The number of carboxylic acid groups (broad SMARTS) is 1. The summed E-state index contributed by atoms with van der Waals surface area (Å²) in [5.41, 5.74) is 1.60. The highest BCUT2D eigenvalue weighted by atomic mass is 16.4. The van der Waals surface area contributed by atoms with Gasteiger partial charge in [-0.1, -0.05) is 13.0 Å². The maximum Gasteiger partial charge on any atom is 0.335 e. The van der Waals surface area contributed by atoms with Crippen LogP contribution in [0.2, 0.25) is 0 Å². The molecule has 1 amide bonds. The minimum atomic E-state index is -0.995. The number of carbonyl (C=O) groups is 2. The fourth-order valence-electron chi connectivity index (χ4n) is 2.42. The van der Waals surface area contributed by atoms with Gasteiger partial charge in [0.1, 0.15) is 0 Å². The Morgan fingerprint density at radius 3 is 2.80 bits per heavy atom. The van der Waals surface area contributed by atoms with Gasteiger partial charge in [-0.2, -0.15) is 0 Å². The van der Waals surface area contributed by atoms with E-state index in [-0.39, 0.29) is 17.5 Å². The lowest BCUT2D eigenvalue weighted by Gasteiger charge is -2.27. The molecule has 0 bridgehead atoms. The second kappa shape index (κ2) is 6.05. The predicted octanol–water partition coefficient (Wildman–Crippen LogP) is 2.02. The maximum absolute atomic E-state index is 12.2. The van der Waals surface area contributed by atoms with Crippen molar-refractivity contribution in [3.63, 3.8) is 0 Å². The Bertz CT molecular complexity index is 528. The summed E-state index contributed by atoms with van der Waals surface area (Å²) in [5.74, 6) is -0.564. The molecule has 0 spiro atoms. The van der Waals surface area contributed by atoms with Crippen molar-refractivity contribution in [1.82, 2.24) is 5.32 Å². The number of amides is 1. The fraction of sp³-hybridized carbons (Fsp3) is 0.467. The van der Waals surface area contributed by atoms with Gasteiger partial charge in [-0.05, 0) is 49.9 Å². The Balaban J connectivity index is 2.10. The average molecular weight is 276 g/mol. The van der Waals surface area contributed by atoms with Crippen LogP contribution in [-0.4, -0.2) is 29.6 Å². The highest BCUT2D eigenvalue weighted by molar-refractivity contribution is 5.97. The first-order valence-electron chi connectivity index (χ1n) is 6.85. The Labute approximate surface area is 118 Å². The van der Waals surface area contributed by atoms with Gasteiger partial charge >= 0.3 is 5.97 Å². The van der Waals surface area contributed by atoms with Crippen LogP contribution in [0.15, 0.2) is 18.2 Å². The summed E-state index contributed by atoms with van der Waals surface area (Å²) in [7, 11) is 0. The van der Waals surface area contributed by atoms with Crippen molar-refractivity contribution in [3.05, 3.63) is 29.3 Å². The summed E-state index contributed by atoms with van der Waals surface area (Å²) in [6, 6.07) is 4.54. The molecule has 0 saturated carbocycles. The molecule has 2 rings (SSSR count). The molecular weight excluding hydrogens is 256 g/mol. The van der Waals surface area contributed by atoms with Crippen LogP contribution in [0.5, 0.6) is 0 Å². The van der Waals surface area contributed by atoms with E-state index in [0.717, 1.165) is 24.9 Å². The SMILES string of the molecule is Cc1ccc(C(=O)O)cc1NC(=O)C1CC(C)CCN1. The van der Waals surface area contributed by atoms with E-state index in [0.29, 0.717) is 11.6 Å².